The van der Waals surface area contributed by atoms with E-state index in [0.29, 0.717) is 6.54 Å². The summed E-state index contributed by atoms with van der Waals surface area (Å²) in [6.07, 6.45) is 1.69. The molecule has 1 amide bonds. The van der Waals surface area contributed by atoms with Gasteiger partial charge in [-0.05, 0) is 51.3 Å². The number of amides is 1. The predicted molar refractivity (Wildman–Crippen MR) is 88.4 cm³/mol. The topological polar surface area (TPSA) is 59.0 Å². The van der Waals surface area contributed by atoms with E-state index in [-0.39, 0.29) is 24.7 Å². The average Bonchev–Trinajstić information content (AvgIpc) is 3.03. The number of methoxy groups -OCH3 is 1. The molecule has 0 aliphatic carbocycles. The third-order valence-corrected chi connectivity index (χ3v) is 4.44. The van der Waals surface area contributed by atoms with Crippen molar-refractivity contribution in [3.63, 3.8) is 0 Å². The maximum Gasteiger partial charge on any atom is 0.248 e. The lowest BCUT2D eigenvalue weighted by molar-refractivity contribution is -0.144. The standard InChI is InChI=1S/C18H27NO4/c1-13(2)23-12-17(20)19-11-5-6-16(19)18(3,21)14-7-9-15(22-4)10-8-14/h7-10,13,16,21H,5-6,11-12H2,1-4H3. The summed E-state index contributed by atoms with van der Waals surface area (Å²) in [5, 5.41) is 11.1. The van der Waals surface area contributed by atoms with Gasteiger partial charge in [-0.3, -0.25) is 4.79 Å². The number of benzene rings is 1. The molecule has 2 rings (SSSR count). The normalized spacial score (nSPS) is 20.6. The fourth-order valence-corrected chi connectivity index (χ4v) is 3.09. The van der Waals surface area contributed by atoms with Crippen molar-refractivity contribution < 1.29 is 19.4 Å². The van der Waals surface area contributed by atoms with Gasteiger partial charge in [-0.2, -0.15) is 0 Å². The number of aliphatic hydroxyl groups is 1. The van der Waals surface area contributed by atoms with Gasteiger partial charge in [0.1, 0.15) is 18.0 Å². The Hall–Kier alpha value is -1.59. The first-order valence-electron chi connectivity index (χ1n) is 8.14. The van der Waals surface area contributed by atoms with Gasteiger partial charge in [0, 0.05) is 6.54 Å². The van der Waals surface area contributed by atoms with Crippen LogP contribution in [0.1, 0.15) is 39.2 Å². The van der Waals surface area contributed by atoms with E-state index in [1.165, 1.54) is 0 Å². The number of hydrogen-bond acceptors (Lipinski definition) is 4. The minimum Gasteiger partial charge on any atom is -0.497 e. The van der Waals surface area contributed by atoms with Crippen LogP contribution in [0.25, 0.3) is 0 Å². The van der Waals surface area contributed by atoms with Gasteiger partial charge in [-0.1, -0.05) is 12.1 Å². The number of carbonyl (C=O) groups is 1. The highest BCUT2D eigenvalue weighted by Gasteiger charge is 2.42. The van der Waals surface area contributed by atoms with Crippen molar-refractivity contribution in [2.45, 2.75) is 51.4 Å². The van der Waals surface area contributed by atoms with Crippen molar-refractivity contribution in [3.8, 4) is 5.75 Å². The SMILES string of the molecule is COc1ccc(C(C)(O)C2CCCN2C(=O)COC(C)C)cc1. The molecule has 1 aliphatic rings. The van der Waals surface area contributed by atoms with E-state index in [1.54, 1.807) is 18.9 Å². The van der Waals surface area contributed by atoms with Gasteiger partial charge in [-0.25, -0.2) is 0 Å². The number of likely N-dealkylation sites (tertiary alicyclic amines) is 1. The van der Waals surface area contributed by atoms with Gasteiger partial charge in [0.25, 0.3) is 0 Å². The van der Waals surface area contributed by atoms with Gasteiger partial charge >= 0.3 is 0 Å². The van der Waals surface area contributed by atoms with Crippen molar-refractivity contribution in [2.24, 2.45) is 0 Å². The first-order chi connectivity index (χ1) is 10.9. The summed E-state index contributed by atoms with van der Waals surface area (Å²) in [5.74, 6) is 0.684. The maximum absolute atomic E-state index is 12.4. The number of nitrogens with zero attached hydrogens (tertiary/aromatic N) is 1. The zero-order chi connectivity index (χ0) is 17.0. The lowest BCUT2D eigenvalue weighted by Crippen LogP contribution is -2.49. The lowest BCUT2D eigenvalue weighted by Gasteiger charge is -2.37. The molecule has 0 radical (unpaired) electrons. The van der Waals surface area contributed by atoms with E-state index < -0.39 is 5.60 Å². The summed E-state index contributed by atoms with van der Waals surface area (Å²) >= 11 is 0. The third kappa shape index (κ3) is 4.03. The molecule has 1 saturated heterocycles. The zero-order valence-electron chi connectivity index (χ0n) is 14.4. The van der Waals surface area contributed by atoms with Gasteiger partial charge in [0.15, 0.2) is 0 Å². The van der Waals surface area contributed by atoms with Crippen LogP contribution < -0.4 is 4.74 Å². The highest BCUT2D eigenvalue weighted by molar-refractivity contribution is 5.78. The van der Waals surface area contributed by atoms with Crippen LogP contribution in [0, 0.1) is 0 Å². The first kappa shape index (κ1) is 17.8. The molecule has 1 aliphatic heterocycles. The van der Waals surface area contributed by atoms with Gasteiger partial charge in [0.2, 0.25) is 5.91 Å². The number of ether oxygens (including phenoxy) is 2. The van der Waals surface area contributed by atoms with E-state index in [2.05, 4.69) is 0 Å². The monoisotopic (exact) mass is 321 g/mol. The Morgan fingerprint density at radius 1 is 1.39 bits per heavy atom. The molecule has 1 heterocycles. The smallest absolute Gasteiger partial charge is 0.248 e. The van der Waals surface area contributed by atoms with Crippen LogP contribution in [-0.2, 0) is 15.1 Å². The summed E-state index contributed by atoms with van der Waals surface area (Å²) in [4.78, 5) is 14.2. The second-order valence-corrected chi connectivity index (χ2v) is 6.48. The summed E-state index contributed by atoms with van der Waals surface area (Å²) in [6.45, 7) is 6.31. The fourth-order valence-electron chi connectivity index (χ4n) is 3.09. The molecule has 0 aromatic heterocycles. The third-order valence-electron chi connectivity index (χ3n) is 4.44. The summed E-state index contributed by atoms with van der Waals surface area (Å²) in [7, 11) is 1.61. The molecule has 0 bridgehead atoms. The van der Waals surface area contributed by atoms with Gasteiger partial charge < -0.3 is 19.5 Å². The molecular formula is C18H27NO4. The molecular weight excluding hydrogens is 294 g/mol. The molecule has 128 valence electrons. The van der Waals surface area contributed by atoms with Crippen LogP contribution >= 0.6 is 0 Å². The molecule has 23 heavy (non-hydrogen) atoms. The largest absolute Gasteiger partial charge is 0.497 e. The van der Waals surface area contributed by atoms with Crippen LogP contribution in [0.4, 0.5) is 0 Å². The van der Waals surface area contributed by atoms with Gasteiger partial charge in [-0.15, -0.1) is 0 Å². The minimum atomic E-state index is -1.10. The molecule has 0 spiro atoms. The van der Waals surface area contributed by atoms with Crippen molar-refractivity contribution in [1.82, 2.24) is 4.90 Å². The van der Waals surface area contributed by atoms with Crippen molar-refractivity contribution in [2.75, 3.05) is 20.3 Å². The van der Waals surface area contributed by atoms with Crippen LogP contribution in [0.5, 0.6) is 5.75 Å². The van der Waals surface area contributed by atoms with E-state index >= 15 is 0 Å². The van der Waals surface area contributed by atoms with E-state index in [4.69, 9.17) is 9.47 Å². The number of carbonyl (C=O) groups excluding carboxylic acids is 1. The Kier molecular flexibility index (Phi) is 5.65. The summed E-state index contributed by atoms with van der Waals surface area (Å²) < 4.78 is 10.6. The van der Waals surface area contributed by atoms with E-state index in [1.807, 2.05) is 38.1 Å². The van der Waals surface area contributed by atoms with Crippen LogP contribution in [0.3, 0.4) is 0 Å². The maximum atomic E-state index is 12.4. The van der Waals surface area contributed by atoms with Crippen LogP contribution in [0.2, 0.25) is 0 Å². The van der Waals surface area contributed by atoms with Crippen molar-refractivity contribution in [1.29, 1.82) is 0 Å². The van der Waals surface area contributed by atoms with Gasteiger partial charge in [0.05, 0.1) is 19.3 Å². The predicted octanol–water partition coefficient (Wildman–Crippen LogP) is 2.32. The Bertz CT molecular complexity index is 524. The zero-order valence-corrected chi connectivity index (χ0v) is 14.4. The summed E-state index contributed by atoms with van der Waals surface area (Å²) in [5.41, 5.74) is -0.316. The molecule has 5 heteroatoms. The average molecular weight is 321 g/mol. The molecule has 1 N–H and O–H groups in total. The van der Waals surface area contributed by atoms with Crippen LogP contribution in [0.15, 0.2) is 24.3 Å². The molecule has 5 nitrogen and oxygen atoms in total. The highest BCUT2D eigenvalue weighted by Crippen LogP contribution is 2.35. The molecule has 1 fully saturated rings. The minimum absolute atomic E-state index is 0.0158. The molecule has 1 aromatic rings. The second-order valence-electron chi connectivity index (χ2n) is 6.48. The molecule has 2 unspecified atom stereocenters. The molecule has 1 aromatic carbocycles. The quantitative estimate of drug-likeness (QED) is 0.873. The molecule has 2 atom stereocenters. The number of rotatable bonds is 6. The Labute approximate surface area is 138 Å². The van der Waals surface area contributed by atoms with Crippen LogP contribution in [-0.4, -0.2) is 48.3 Å². The first-order valence-corrected chi connectivity index (χ1v) is 8.14. The second kappa shape index (κ2) is 7.32. The van der Waals surface area contributed by atoms with Crippen molar-refractivity contribution >= 4 is 5.91 Å². The van der Waals surface area contributed by atoms with E-state index in [9.17, 15) is 9.90 Å². The van der Waals surface area contributed by atoms with Crippen molar-refractivity contribution in [3.05, 3.63) is 29.8 Å². The Balaban J connectivity index is 2.14. The Morgan fingerprint density at radius 3 is 2.61 bits per heavy atom. The highest BCUT2D eigenvalue weighted by atomic mass is 16.5. The fraction of sp³-hybridized carbons (Fsp3) is 0.611. The number of hydrogen-bond donors (Lipinski definition) is 1. The lowest BCUT2D eigenvalue weighted by atomic mass is 9.86. The summed E-state index contributed by atoms with van der Waals surface area (Å²) in [6, 6.07) is 7.12. The Morgan fingerprint density at radius 2 is 2.04 bits per heavy atom. The molecule has 0 saturated carbocycles. The van der Waals surface area contributed by atoms with E-state index in [0.717, 1.165) is 24.2 Å².